The number of nitrogens with zero attached hydrogens (tertiary/aromatic N) is 1. The second-order valence-corrected chi connectivity index (χ2v) is 8.79. The molecule has 1 unspecified atom stereocenters. The van der Waals surface area contributed by atoms with Gasteiger partial charge in [-0.15, -0.1) is 5.92 Å². The summed E-state index contributed by atoms with van der Waals surface area (Å²) in [5.74, 6) is 5.42. The Morgan fingerprint density at radius 3 is 2.69 bits per heavy atom. The predicted octanol–water partition coefficient (Wildman–Crippen LogP) is 2.29. The van der Waals surface area contributed by atoms with Crippen molar-refractivity contribution in [3.05, 3.63) is 29.8 Å². The van der Waals surface area contributed by atoms with Crippen molar-refractivity contribution in [2.24, 2.45) is 0 Å². The molecule has 0 saturated heterocycles. The number of hydrogen-bond donors (Lipinski definition) is 2. The number of unbranched alkanes of at least 4 members (excludes halogenated alkanes) is 1. The topological polar surface area (TPSA) is 104 Å². The molecule has 0 saturated carbocycles. The molecule has 8 heteroatoms. The lowest BCUT2D eigenvalue weighted by atomic mass is 10.1. The number of aryl methyl sites for hydroxylation is 1. The van der Waals surface area contributed by atoms with Gasteiger partial charge in [0.05, 0.1) is 18.9 Å². The molecule has 1 atom stereocenters. The maximum Gasteiger partial charge on any atom is 0.303 e. The highest BCUT2D eigenvalue weighted by Gasteiger charge is 2.16. The first kappa shape index (κ1) is 25.0. The van der Waals surface area contributed by atoms with Crippen molar-refractivity contribution < 1.29 is 28.2 Å². The van der Waals surface area contributed by atoms with Crippen LogP contribution >= 0.6 is 0 Å². The van der Waals surface area contributed by atoms with Crippen molar-refractivity contribution in [1.82, 2.24) is 4.31 Å². The van der Waals surface area contributed by atoms with Gasteiger partial charge in [-0.05, 0) is 43.4 Å². The fourth-order valence-electron chi connectivity index (χ4n) is 2.56. The lowest BCUT2D eigenvalue weighted by Crippen LogP contribution is -2.32. The first-order valence-electron chi connectivity index (χ1n) is 9.74. The van der Waals surface area contributed by atoms with Crippen molar-refractivity contribution in [3.8, 4) is 17.6 Å². The van der Waals surface area contributed by atoms with Crippen LogP contribution in [0.4, 0.5) is 0 Å². The van der Waals surface area contributed by atoms with Crippen molar-refractivity contribution >= 4 is 16.0 Å². The minimum absolute atomic E-state index is 0.0488. The third-order valence-corrected chi connectivity index (χ3v) is 5.49. The number of carboxylic acid groups (broad SMARTS) is 1. The van der Waals surface area contributed by atoms with Gasteiger partial charge in [0.2, 0.25) is 10.0 Å². The molecule has 0 amide bonds. The molecule has 0 radical (unpaired) electrons. The first-order chi connectivity index (χ1) is 13.7. The molecule has 1 aromatic carbocycles. The smallest absolute Gasteiger partial charge is 0.303 e. The fraction of sp³-hybridized carbons (Fsp3) is 0.571. The summed E-state index contributed by atoms with van der Waals surface area (Å²) < 4.78 is 30.6. The third kappa shape index (κ3) is 11.5. The Labute approximate surface area is 173 Å². The molecule has 0 bridgehead atoms. The summed E-state index contributed by atoms with van der Waals surface area (Å²) in [6, 6.07) is 7.70. The monoisotopic (exact) mass is 425 g/mol. The van der Waals surface area contributed by atoms with Gasteiger partial charge in [-0.1, -0.05) is 25.0 Å². The van der Waals surface area contributed by atoms with Crippen LogP contribution in [0, 0.1) is 11.8 Å². The number of carboxylic acids is 1. The van der Waals surface area contributed by atoms with Crippen LogP contribution in [0.25, 0.3) is 0 Å². The summed E-state index contributed by atoms with van der Waals surface area (Å²) >= 11 is 0. The van der Waals surface area contributed by atoms with Gasteiger partial charge in [-0.2, -0.15) is 4.31 Å². The van der Waals surface area contributed by atoms with E-state index in [0.29, 0.717) is 31.4 Å². The molecular weight excluding hydrogens is 394 g/mol. The highest BCUT2D eigenvalue weighted by Crippen LogP contribution is 2.14. The molecule has 2 N–H and O–H groups in total. The normalized spacial score (nSPS) is 12.3. The zero-order valence-electron chi connectivity index (χ0n) is 17.1. The third-order valence-electron chi connectivity index (χ3n) is 4.24. The lowest BCUT2D eigenvalue weighted by molar-refractivity contribution is -0.137. The summed E-state index contributed by atoms with van der Waals surface area (Å²) in [6.07, 6.45) is 3.13. The number of carbonyl (C=O) groups is 1. The van der Waals surface area contributed by atoms with E-state index < -0.39 is 22.1 Å². The van der Waals surface area contributed by atoms with E-state index in [1.807, 2.05) is 24.3 Å². The van der Waals surface area contributed by atoms with Gasteiger partial charge in [-0.25, -0.2) is 8.42 Å². The van der Waals surface area contributed by atoms with Gasteiger partial charge in [0.1, 0.15) is 12.4 Å². The molecule has 0 aliphatic carbocycles. The zero-order chi connectivity index (χ0) is 21.7. The van der Waals surface area contributed by atoms with E-state index >= 15 is 0 Å². The number of aliphatic carboxylic acids is 1. The summed E-state index contributed by atoms with van der Waals surface area (Å²) in [7, 11) is -3.41. The maximum absolute atomic E-state index is 11.9. The van der Waals surface area contributed by atoms with Gasteiger partial charge in [0, 0.05) is 19.4 Å². The van der Waals surface area contributed by atoms with Crippen molar-refractivity contribution in [2.45, 2.75) is 51.6 Å². The van der Waals surface area contributed by atoms with Crippen LogP contribution in [0.5, 0.6) is 5.75 Å². The van der Waals surface area contributed by atoms with E-state index in [2.05, 4.69) is 18.8 Å². The standard InChI is InChI=1S/C21H31NO6S/c1-3-18-10-8-12-20(16-18)28-17-19(23)11-9-15-22(29(2,26)27)14-7-5-4-6-13-21(24)25/h8,10,12,16,19,23H,3-4,6,9,11,13-15,17H2,1-2H3,(H,24,25). The molecule has 0 aliphatic heterocycles. The van der Waals surface area contributed by atoms with Crippen LogP contribution in [0.2, 0.25) is 0 Å². The molecular formula is C21H31NO6S. The summed E-state index contributed by atoms with van der Waals surface area (Å²) in [5.41, 5.74) is 1.16. The highest BCUT2D eigenvalue weighted by atomic mass is 32.2. The molecule has 1 aromatic rings. The van der Waals surface area contributed by atoms with E-state index in [4.69, 9.17) is 9.84 Å². The zero-order valence-corrected chi connectivity index (χ0v) is 18.0. The minimum Gasteiger partial charge on any atom is -0.491 e. The Morgan fingerprint density at radius 1 is 1.28 bits per heavy atom. The van der Waals surface area contributed by atoms with Crippen LogP contribution in [-0.4, -0.2) is 61.0 Å². The van der Waals surface area contributed by atoms with E-state index in [9.17, 15) is 18.3 Å². The number of aliphatic hydroxyl groups is 1. The Hall–Kier alpha value is -2.08. The van der Waals surface area contributed by atoms with Crippen LogP contribution < -0.4 is 4.74 Å². The van der Waals surface area contributed by atoms with E-state index in [0.717, 1.165) is 18.2 Å². The Kier molecular flexibility index (Phi) is 11.4. The lowest BCUT2D eigenvalue weighted by Gasteiger charge is -2.18. The highest BCUT2D eigenvalue weighted by molar-refractivity contribution is 7.88. The van der Waals surface area contributed by atoms with Crippen LogP contribution in [0.3, 0.4) is 0 Å². The molecule has 0 fully saturated rings. The summed E-state index contributed by atoms with van der Waals surface area (Å²) in [5, 5.41) is 18.7. The predicted molar refractivity (Wildman–Crippen MR) is 112 cm³/mol. The molecule has 0 aromatic heterocycles. The van der Waals surface area contributed by atoms with Crippen molar-refractivity contribution in [2.75, 3.05) is 26.0 Å². The van der Waals surface area contributed by atoms with Gasteiger partial charge in [-0.3, -0.25) is 4.79 Å². The van der Waals surface area contributed by atoms with E-state index in [-0.39, 0.29) is 26.1 Å². The first-order valence-corrected chi connectivity index (χ1v) is 11.6. The van der Waals surface area contributed by atoms with E-state index in [1.165, 1.54) is 4.31 Å². The number of hydrogen-bond acceptors (Lipinski definition) is 5. The second kappa shape index (κ2) is 13.2. The van der Waals surface area contributed by atoms with Crippen LogP contribution in [-0.2, 0) is 21.2 Å². The molecule has 29 heavy (non-hydrogen) atoms. The molecule has 0 aliphatic rings. The average Bonchev–Trinajstić information content (AvgIpc) is 2.66. The largest absolute Gasteiger partial charge is 0.491 e. The van der Waals surface area contributed by atoms with Crippen molar-refractivity contribution in [3.63, 3.8) is 0 Å². The Bertz CT molecular complexity index is 797. The fourth-order valence-corrected chi connectivity index (χ4v) is 3.32. The number of sulfonamides is 1. The van der Waals surface area contributed by atoms with Gasteiger partial charge in [0.25, 0.3) is 0 Å². The second-order valence-electron chi connectivity index (χ2n) is 6.81. The Balaban J connectivity index is 2.38. The van der Waals surface area contributed by atoms with Crippen molar-refractivity contribution in [1.29, 1.82) is 0 Å². The quantitative estimate of drug-likeness (QED) is 0.371. The van der Waals surface area contributed by atoms with Gasteiger partial charge < -0.3 is 14.9 Å². The van der Waals surface area contributed by atoms with Gasteiger partial charge in [0.15, 0.2) is 0 Å². The molecule has 1 rings (SSSR count). The SMILES string of the molecule is CCc1cccc(OCC(O)CCCN(CC#CCCCC(=O)O)S(C)(=O)=O)c1. The van der Waals surface area contributed by atoms with Crippen LogP contribution in [0.1, 0.15) is 44.6 Å². The molecule has 0 spiro atoms. The number of ether oxygens (including phenoxy) is 1. The molecule has 7 nitrogen and oxygen atoms in total. The number of rotatable bonds is 13. The number of aliphatic hydroxyl groups excluding tert-OH is 1. The summed E-state index contributed by atoms with van der Waals surface area (Å²) in [4.78, 5) is 10.4. The Morgan fingerprint density at radius 2 is 2.03 bits per heavy atom. The summed E-state index contributed by atoms with van der Waals surface area (Å²) in [6.45, 7) is 2.52. The minimum atomic E-state index is -3.41. The molecule has 162 valence electrons. The molecule has 0 heterocycles. The van der Waals surface area contributed by atoms with Crippen LogP contribution in [0.15, 0.2) is 24.3 Å². The average molecular weight is 426 g/mol. The number of benzene rings is 1. The van der Waals surface area contributed by atoms with E-state index in [1.54, 1.807) is 0 Å². The van der Waals surface area contributed by atoms with Gasteiger partial charge >= 0.3 is 5.97 Å². The maximum atomic E-state index is 11.9.